The van der Waals surface area contributed by atoms with E-state index in [2.05, 4.69) is 27.7 Å². The molecule has 1 rings (SSSR count). The molecule has 4 atom stereocenters. The number of carbonyl (C=O) groups is 1. The molecule has 0 amide bonds. The van der Waals surface area contributed by atoms with Crippen LogP contribution in [0.15, 0.2) is 11.8 Å². The van der Waals surface area contributed by atoms with E-state index in [-0.39, 0.29) is 5.97 Å². The second kappa shape index (κ2) is 25.6. The van der Waals surface area contributed by atoms with Crippen LogP contribution in [0, 0.1) is 0 Å². The van der Waals surface area contributed by atoms with E-state index in [9.17, 15) is 9.90 Å². The third-order valence-corrected chi connectivity index (χ3v) is 7.70. The first-order valence-electron chi connectivity index (χ1n) is 17.0. The van der Waals surface area contributed by atoms with Gasteiger partial charge in [0.05, 0.1) is 6.61 Å². The van der Waals surface area contributed by atoms with Gasteiger partial charge in [-0.3, -0.25) is 4.79 Å². The SMILES string of the molecule is CCCCCCCCCCCCCCCC(=O)O[C@@H]1C=C(OCCCC)[C@H](OCCCC)C(OCCCC)C1O. The Balaban J connectivity index is 2.50. The summed E-state index contributed by atoms with van der Waals surface area (Å²) >= 11 is 0. The van der Waals surface area contributed by atoms with Crippen molar-refractivity contribution in [2.75, 3.05) is 19.8 Å². The molecule has 0 bridgehead atoms. The molecular formula is C34H64O6. The van der Waals surface area contributed by atoms with Gasteiger partial charge >= 0.3 is 5.97 Å². The van der Waals surface area contributed by atoms with E-state index in [1.165, 1.54) is 64.2 Å². The maximum absolute atomic E-state index is 12.7. The van der Waals surface area contributed by atoms with Crippen molar-refractivity contribution in [1.29, 1.82) is 0 Å². The quantitative estimate of drug-likeness (QED) is 0.0788. The van der Waals surface area contributed by atoms with Crippen molar-refractivity contribution < 1.29 is 28.8 Å². The zero-order chi connectivity index (χ0) is 29.3. The molecule has 0 aromatic carbocycles. The number of esters is 1. The molecule has 0 spiro atoms. The molecular weight excluding hydrogens is 504 g/mol. The number of ether oxygens (including phenoxy) is 4. The van der Waals surface area contributed by atoms with Crippen LogP contribution >= 0.6 is 0 Å². The Bertz CT molecular complexity index is 622. The first-order valence-corrected chi connectivity index (χ1v) is 17.0. The topological polar surface area (TPSA) is 74.2 Å². The van der Waals surface area contributed by atoms with Crippen LogP contribution in [0.3, 0.4) is 0 Å². The summed E-state index contributed by atoms with van der Waals surface area (Å²) in [5, 5.41) is 11.2. The zero-order valence-corrected chi connectivity index (χ0v) is 26.6. The minimum atomic E-state index is -0.988. The van der Waals surface area contributed by atoms with E-state index in [0.29, 0.717) is 32.0 Å². The van der Waals surface area contributed by atoms with Gasteiger partial charge in [-0.2, -0.15) is 0 Å². The van der Waals surface area contributed by atoms with Gasteiger partial charge in [0.15, 0.2) is 6.10 Å². The highest BCUT2D eigenvalue weighted by molar-refractivity contribution is 5.69. The van der Waals surface area contributed by atoms with E-state index in [0.717, 1.165) is 57.8 Å². The number of aliphatic hydroxyl groups is 1. The molecule has 1 aliphatic carbocycles. The first-order chi connectivity index (χ1) is 19.6. The number of carbonyl (C=O) groups excluding carboxylic acids is 1. The molecule has 2 unspecified atom stereocenters. The van der Waals surface area contributed by atoms with Crippen molar-refractivity contribution in [2.24, 2.45) is 0 Å². The van der Waals surface area contributed by atoms with Crippen LogP contribution in [-0.2, 0) is 23.7 Å². The molecule has 236 valence electrons. The smallest absolute Gasteiger partial charge is 0.306 e. The summed E-state index contributed by atoms with van der Waals surface area (Å²) in [4.78, 5) is 12.7. The molecule has 40 heavy (non-hydrogen) atoms. The Hall–Kier alpha value is -1.11. The summed E-state index contributed by atoms with van der Waals surface area (Å²) in [6, 6.07) is 0. The minimum Gasteiger partial charge on any atom is -0.495 e. The Morgan fingerprint density at radius 3 is 1.68 bits per heavy atom. The highest BCUT2D eigenvalue weighted by atomic mass is 16.6. The maximum Gasteiger partial charge on any atom is 0.306 e. The molecule has 0 radical (unpaired) electrons. The van der Waals surface area contributed by atoms with Gasteiger partial charge in [-0.05, 0) is 31.8 Å². The van der Waals surface area contributed by atoms with Crippen LogP contribution in [0.2, 0.25) is 0 Å². The van der Waals surface area contributed by atoms with Gasteiger partial charge < -0.3 is 24.1 Å². The summed E-state index contributed by atoms with van der Waals surface area (Å²) in [6.07, 6.45) is 21.5. The van der Waals surface area contributed by atoms with Crippen LogP contribution in [-0.4, -0.2) is 55.3 Å². The maximum atomic E-state index is 12.7. The molecule has 0 saturated carbocycles. The lowest BCUT2D eigenvalue weighted by Crippen LogP contribution is -2.52. The summed E-state index contributed by atoms with van der Waals surface area (Å²) in [5.74, 6) is 0.351. The Morgan fingerprint density at radius 1 is 0.650 bits per heavy atom. The molecule has 0 fully saturated rings. The fourth-order valence-corrected chi connectivity index (χ4v) is 5.03. The molecule has 6 heteroatoms. The van der Waals surface area contributed by atoms with Gasteiger partial charge in [-0.25, -0.2) is 0 Å². The van der Waals surface area contributed by atoms with Gasteiger partial charge in [0.2, 0.25) is 0 Å². The first kappa shape index (κ1) is 36.9. The lowest BCUT2D eigenvalue weighted by atomic mass is 9.93. The van der Waals surface area contributed by atoms with Crippen LogP contribution in [0.5, 0.6) is 0 Å². The highest BCUT2D eigenvalue weighted by Crippen LogP contribution is 2.29. The summed E-state index contributed by atoms with van der Waals surface area (Å²) in [7, 11) is 0. The lowest BCUT2D eigenvalue weighted by molar-refractivity contribution is -0.176. The third kappa shape index (κ3) is 17.0. The molecule has 0 aromatic rings. The Kier molecular flexibility index (Phi) is 23.6. The van der Waals surface area contributed by atoms with Crippen LogP contribution in [0.1, 0.15) is 156 Å². The van der Waals surface area contributed by atoms with Crippen LogP contribution in [0.25, 0.3) is 0 Å². The number of aliphatic hydroxyl groups excluding tert-OH is 1. The average Bonchev–Trinajstić information content (AvgIpc) is 2.95. The molecule has 0 aromatic heterocycles. The second-order valence-corrected chi connectivity index (χ2v) is 11.5. The van der Waals surface area contributed by atoms with Crippen molar-refractivity contribution in [3.05, 3.63) is 11.8 Å². The summed E-state index contributed by atoms with van der Waals surface area (Å²) in [5.41, 5.74) is 0. The molecule has 6 nitrogen and oxygen atoms in total. The van der Waals surface area contributed by atoms with E-state index >= 15 is 0 Å². The van der Waals surface area contributed by atoms with Crippen molar-refractivity contribution >= 4 is 5.97 Å². The largest absolute Gasteiger partial charge is 0.495 e. The highest BCUT2D eigenvalue weighted by Gasteiger charge is 2.43. The van der Waals surface area contributed by atoms with Crippen LogP contribution in [0.4, 0.5) is 0 Å². The third-order valence-electron chi connectivity index (χ3n) is 7.70. The van der Waals surface area contributed by atoms with Crippen LogP contribution < -0.4 is 0 Å². The van der Waals surface area contributed by atoms with E-state index in [1.54, 1.807) is 6.08 Å². The monoisotopic (exact) mass is 568 g/mol. The normalized spacial score (nSPS) is 20.9. The average molecular weight is 569 g/mol. The fourth-order valence-electron chi connectivity index (χ4n) is 5.03. The molecule has 0 saturated heterocycles. The van der Waals surface area contributed by atoms with Gasteiger partial charge in [-0.15, -0.1) is 0 Å². The summed E-state index contributed by atoms with van der Waals surface area (Å²) < 4.78 is 24.2. The van der Waals surface area contributed by atoms with Crippen molar-refractivity contribution in [2.45, 2.75) is 181 Å². The Morgan fingerprint density at radius 2 is 1.12 bits per heavy atom. The van der Waals surface area contributed by atoms with Gasteiger partial charge in [0, 0.05) is 19.6 Å². The molecule has 0 heterocycles. The number of hydrogen-bond donors (Lipinski definition) is 1. The predicted molar refractivity (Wildman–Crippen MR) is 164 cm³/mol. The van der Waals surface area contributed by atoms with Crippen molar-refractivity contribution in [1.82, 2.24) is 0 Å². The predicted octanol–water partition coefficient (Wildman–Crippen LogP) is 8.83. The van der Waals surface area contributed by atoms with E-state index in [4.69, 9.17) is 18.9 Å². The molecule has 1 N–H and O–H groups in total. The number of hydrogen-bond acceptors (Lipinski definition) is 6. The summed E-state index contributed by atoms with van der Waals surface area (Å²) in [6.45, 7) is 10.3. The Labute approximate surface area is 246 Å². The van der Waals surface area contributed by atoms with E-state index in [1.807, 2.05) is 0 Å². The molecule has 1 aliphatic rings. The van der Waals surface area contributed by atoms with Gasteiger partial charge in [0.25, 0.3) is 0 Å². The number of rotatable bonds is 27. The number of unbranched alkanes of at least 4 members (excludes halogenated alkanes) is 15. The van der Waals surface area contributed by atoms with Crippen molar-refractivity contribution in [3.8, 4) is 0 Å². The fraction of sp³-hybridized carbons (Fsp3) is 0.912. The van der Waals surface area contributed by atoms with Gasteiger partial charge in [0.1, 0.15) is 24.1 Å². The zero-order valence-electron chi connectivity index (χ0n) is 26.6. The van der Waals surface area contributed by atoms with Crippen molar-refractivity contribution in [3.63, 3.8) is 0 Å². The lowest BCUT2D eigenvalue weighted by Gasteiger charge is -2.38. The second-order valence-electron chi connectivity index (χ2n) is 11.5. The standard InChI is InChI=1S/C34H64O6/c1-5-9-13-14-15-16-17-18-19-20-21-22-23-24-31(35)40-29-28-30(37-25-10-6-2)33(38-26-11-7-3)34(32(29)36)39-27-12-8-4/h28-29,32-34,36H,5-27H2,1-4H3/t29-,32?,33+,34?/m1/s1. The van der Waals surface area contributed by atoms with Gasteiger partial charge in [-0.1, -0.05) is 124 Å². The minimum absolute atomic E-state index is 0.269. The van der Waals surface area contributed by atoms with E-state index < -0.39 is 24.4 Å². The molecule has 0 aliphatic heterocycles.